The van der Waals surface area contributed by atoms with Crippen molar-refractivity contribution in [3.8, 4) is 5.75 Å². The number of hydrogen-bond donors (Lipinski definition) is 1. The Morgan fingerprint density at radius 1 is 1.12 bits per heavy atom. The number of carboxylic acids is 1. The third-order valence-electron chi connectivity index (χ3n) is 7.50. The third kappa shape index (κ3) is 4.17. The fourth-order valence-electron chi connectivity index (χ4n) is 5.96. The number of aliphatic carboxylic acids is 1. The minimum Gasteiger partial charge on any atom is -0.489 e. The van der Waals surface area contributed by atoms with Crippen LogP contribution in [-0.2, 0) is 31.0 Å². The third-order valence-corrected chi connectivity index (χ3v) is 7.50. The molecule has 0 aliphatic heterocycles. The highest BCUT2D eigenvalue weighted by atomic mass is 19.4. The number of aromatic nitrogens is 1. The topological polar surface area (TPSA) is 51.5 Å². The number of halogens is 3. The number of benzene rings is 2. The Kier molecular flexibility index (Phi) is 5.82. The molecular formula is C27H28F3NO3. The quantitative estimate of drug-likeness (QED) is 0.424. The van der Waals surface area contributed by atoms with E-state index < -0.39 is 17.7 Å². The van der Waals surface area contributed by atoms with Gasteiger partial charge in [0.2, 0.25) is 0 Å². The highest BCUT2D eigenvalue weighted by Gasteiger charge is 2.36. The molecule has 34 heavy (non-hydrogen) atoms. The number of hydrogen-bond acceptors (Lipinski definition) is 2. The van der Waals surface area contributed by atoms with Crippen LogP contribution in [0.25, 0.3) is 10.9 Å². The Labute approximate surface area is 196 Å². The molecule has 1 unspecified atom stereocenters. The van der Waals surface area contributed by atoms with Crippen molar-refractivity contribution in [2.45, 2.75) is 69.6 Å². The predicted octanol–water partition coefficient (Wildman–Crippen LogP) is 6.94. The van der Waals surface area contributed by atoms with Gasteiger partial charge in [-0.2, -0.15) is 13.2 Å². The van der Waals surface area contributed by atoms with Crippen molar-refractivity contribution in [3.05, 3.63) is 64.3 Å². The molecule has 2 aliphatic carbocycles. The number of fused-ring (bicyclic) bond motifs is 3. The first-order valence-electron chi connectivity index (χ1n) is 11.9. The van der Waals surface area contributed by atoms with E-state index in [1.165, 1.54) is 6.07 Å². The van der Waals surface area contributed by atoms with Gasteiger partial charge in [0.05, 0.1) is 12.0 Å². The number of alkyl halides is 3. The largest absolute Gasteiger partial charge is 0.489 e. The minimum atomic E-state index is -4.38. The molecule has 1 saturated carbocycles. The Bertz CT molecular complexity index is 1240. The maximum absolute atomic E-state index is 13.8. The van der Waals surface area contributed by atoms with Gasteiger partial charge in [0, 0.05) is 29.6 Å². The maximum Gasteiger partial charge on any atom is 0.416 e. The highest BCUT2D eigenvalue weighted by Crippen LogP contribution is 2.43. The van der Waals surface area contributed by atoms with Crippen LogP contribution in [0.3, 0.4) is 0 Å². The monoisotopic (exact) mass is 471 g/mol. The highest BCUT2D eigenvalue weighted by molar-refractivity contribution is 5.88. The van der Waals surface area contributed by atoms with Crippen LogP contribution in [0.2, 0.25) is 0 Å². The summed E-state index contributed by atoms with van der Waals surface area (Å²) in [5.74, 6) is -0.229. The molecule has 7 heteroatoms. The van der Waals surface area contributed by atoms with E-state index in [9.17, 15) is 23.1 Å². The van der Waals surface area contributed by atoms with Gasteiger partial charge < -0.3 is 14.4 Å². The summed E-state index contributed by atoms with van der Waals surface area (Å²) in [6.07, 6.45) is 0.931. The van der Waals surface area contributed by atoms with Crippen molar-refractivity contribution >= 4 is 16.9 Å². The summed E-state index contributed by atoms with van der Waals surface area (Å²) in [4.78, 5) is 11.2. The molecular weight excluding hydrogens is 443 g/mol. The summed E-state index contributed by atoms with van der Waals surface area (Å²) in [5, 5.41) is 10.3. The van der Waals surface area contributed by atoms with E-state index in [1.807, 2.05) is 25.2 Å². The first-order chi connectivity index (χ1) is 16.2. The summed E-state index contributed by atoms with van der Waals surface area (Å²) in [7, 11) is 1.95. The summed E-state index contributed by atoms with van der Waals surface area (Å²) >= 11 is 0. The van der Waals surface area contributed by atoms with E-state index in [4.69, 9.17) is 4.74 Å². The van der Waals surface area contributed by atoms with Gasteiger partial charge >= 0.3 is 12.1 Å². The van der Waals surface area contributed by atoms with Gasteiger partial charge in [-0.3, -0.25) is 4.79 Å². The lowest BCUT2D eigenvalue weighted by atomic mass is 9.91. The predicted molar refractivity (Wildman–Crippen MR) is 123 cm³/mol. The maximum atomic E-state index is 13.8. The molecule has 1 aromatic heterocycles. The summed E-state index contributed by atoms with van der Waals surface area (Å²) in [6.45, 7) is 0.0518. The van der Waals surface area contributed by atoms with E-state index in [1.54, 1.807) is 12.1 Å². The number of ether oxygens (including phenoxy) is 1. The number of nitrogens with zero attached hydrogens (tertiary/aromatic N) is 1. The summed E-state index contributed by atoms with van der Waals surface area (Å²) in [6, 6.07) is 10.3. The molecule has 3 aromatic rings. The van der Waals surface area contributed by atoms with Crippen molar-refractivity contribution in [2.75, 3.05) is 0 Å². The molecule has 0 saturated heterocycles. The second-order valence-corrected chi connectivity index (χ2v) is 9.62. The molecule has 180 valence electrons. The van der Waals surface area contributed by atoms with Gasteiger partial charge in [0.1, 0.15) is 12.4 Å². The fraction of sp³-hybridized carbons (Fsp3) is 0.444. The van der Waals surface area contributed by atoms with Gasteiger partial charge in [-0.05, 0) is 72.6 Å². The van der Waals surface area contributed by atoms with Crippen LogP contribution in [0, 0.1) is 0 Å². The van der Waals surface area contributed by atoms with E-state index in [2.05, 4.69) is 4.57 Å². The van der Waals surface area contributed by atoms with Crippen molar-refractivity contribution in [1.29, 1.82) is 0 Å². The van der Waals surface area contributed by atoms with Crippen LogP contribution in [0.15, 0.2) is 36.4 Å². The average molecular weight is 472 g/mol. The fourth-order valence-corrected chi connectivity index (χ4v) is 5.96. The normalized spacial score (nSPS) is 18.5. The number of carbonyl (C=O) groups is 1. The van der Waals surface area contributed by atoms with Gasteiger partial charge in [-0.25, -0.2) is 0 Å². The van der Waals surface area contributed by atoms with E-state index in [0.29, 0.717) is 16.9 Å². The molecule has 5 rings (SSSR count). The van der Waals surface area contributed by atoms with E-state index in [0.717, 1.165) is 60.7 Å². The second kappa shape index (κ2) is 8.67. The van der Waals surface area contributed by atoms with Crippen molar-refractivity contribution < 1.29 is 27.8 Å². The summed E-state index contributed by atoms with van der Waals surface area (Å²) in [5.41, 5.74) is 3.58. The molecule has 1 fully saturated rings. The number of carboxylic acid groups (broad SMARTS) is 1. The zero-order valence-corrected chi connectivity index (χ0v) is 19.1. The van der Waals surface area contributed by atoms with Crippen LogP contribution in [0.5, 0.6) is 5.75 Å². The Balaban J connectivity index is 1.39. The van der Waals surface area contributed by atoms with Gasteiger partial charge in [0.15, 0.2) is 0 Å². The lowest BCUT2D eigenvalue weighted by Crippen LogP contribution is -2.12. The molecule has 1 N–H and O–H groups in total. The molecule has 1 atom stereocenters. The van der Waals surface area contributed by atoms with Crippen LogP contribution in [0.1, 0.15) is 78.3 Å². The minimum absolute atomic E-state index is 0.00607. The lowest BCUT2D eigenvalue weighted by Gasteiger charge is -2.19. The van der Waals surface area contributed by atoms with E-state index >= 15 is 0 Å². The van der Waals surface area contributed by atoms with Gasteiger partial charge in [-0.15, -0.1) is 0 Å². The second-order valence-electron chi connectivity index (χ2n) is 9.62. The molecule has 0 radical (unpaired) electrons. The smallest absolute Gasteiger partial charge is 0.416 e. The standard InChI is InChI=1S/C27H28F3NO3/c1-31-24-11-8-19(14-22(24)21-10-7-18(26(21)31)13-25(32)33)34-15-16-6-9-20(17-4-2-3-5-17)23(12-16)27(28,29)30/h6,8-9,11-12,14,17-18H,2-5,7,10,13,15H2,1H3,(H,32,33). The van der Waals surface area contributed by atoms with Crippen LogP contribution < -0.4 is 4.74 Å². The van der Waals surface area contributed by atoms with Crippen molar-refractivity contribution in [1.82, 2.24) is 4.57 Å². The number of aryl methyl sites for hydroxylation is 2. The van der Waals surface area contributed by atoms with Crippen molar-refractivity contribution in [2.24, 2.45) is 7.05 Å². The van der Waals surface area contributed by atoms with Gasteiger partial charge in [0.25, 0.3) is 0 Å². The molecule has 1 heterocycles. The van der Waals surface area contributed by atoms with Gasteiger partial charge in [-0.1, -0.05) is 25.0 Å². The molecule has 4 nitrogen and oxygen atoms in total. The molecule has 0 spiro atoms. The zero-order valence-electron chi connectivity index (χ0n) is 19.1. The molecule has 0 bridgehead atoms. The first kappa shape index (κ1) is 22.8. The Morgan fingerprint density at radius 3 is 2.59 bits per heavy atom. The SMILES string of the molecule is Cn1c2c(c3cc(OCc4ccc(C5CCCC5)c(C(F)(F)F)c4)ccc31)CCC2CC(=O)O. The average Bonchev–Trinajstić information content (AvgIpc) is 3.51. The van der Waals surface area contributed by atoms with Crippen molar-refractivity contribution in [3.63, 3.8) is 0 Å². The molecule has 2 aromatic carbocycles. The number of rotatable bonds is 6. The Hall–Kier alpha value is -2.96. The molecule has 2 aliphatic rings. The lowest BCUT2D eigenvalue weighted by molar-refractivity contribution is -0.139. The van der Waals surface area contributed by atoms with Crippen LogP contribution >= 0.6 is 0 Å². The van der Waals surface area contributed by atoms with Crippen LogP contribution in [0.4, 0.5) is 13.2 Å². The Morgan fingerprint density at radius 2 is 1.88 bits per heavy atom. The van der Waals surface area contributed by atoms with E-state index in [-0.39, 0.29) is 24.9 Å². The van der Waals surface area contributed by atoms with Crippen LogP contribution in [-0.4, -0.2) is 15.6 Å². The molecule has 0 amide bonds. The summed E-state index contributed by atoms with van der Waals surface area (Å²) < 4.78 is 49.3. The zero-order chi connectivity index (χ0) is 24.0. The first-order valence-corrected chi connectivity index (χ1v) is 11.9.